The van der Waals surface area contributed by atoms with Crippen LogP contribution in [0.4, 0.5) is 5.69 Å². The Balaban J connectivity index is 1.49. The molecule has 3 rings (SSSR count). The Labute approximate surface area is 155 Å². The molecule has 0 radical (unpaired) electrons. The molecule has 0 saturated carbocycles. The van der Waals surface area contributed by atoms with E-state index in [2.05, 4.69) is 27.2 Å². The molecule has 1 aliphatic heterocycles. The lowest BCUT2D eigenvalue weighted by atomic mass is 10.2. The first-order valence-corrected chi connectivity index (χ1v) is 9.12. The topological polar surface area (TPSA) is 44.8 Å². The van der Waals surface area contributed by atoms with Crippen LogP contribution in [0.2, 0.25) is 0 Å². The van der Waals surface area contributed by atoms with Crippen LogP contribution in [0.5, 0.6) is 5.75 Å². The van der Waals surface area contributed by atoms with E-state index in [4.69, 9.17) is 4.74 Å². The lowest BCUT2D eigenvalue weighted by Crippen LogP contribution is -2.53. The van der Waals surface area contributed by atoms with Crippen LogP contribution >= 0.6 is 0 Å². The lowest BCUT2D eigenvalue weighted by molar-refractivity contribution is -0.126. The number of ether oxygens (including phenoxy) is 1. The fourth-order valence-corrected chi connectivity index (χ4v) is 3.27. The van der Waals surface area contributed by atoms with Crippen LogP contribution in [0.25, 0.3) is 0 Å². The zero-order valence-electron chi connectivity index (χ0n) is 15.5. The molecule has 1 heterocycles. The number of amides is 1. The van der Waals surface area contributed by atoms with E-state index in [0.29, 0.717) is 6.54 Å². The highest BCUT2D eigenvalue weighted by Gasteiger charge is 2.25. The van der Waals surface area contributed by atoms with Gasteiger partial charge in [-0.2, -0.15) is 0 Å². The van der Waals surface area contributed by atoms with Gasteiger partial charge in [-0.15, -0.1) is 0 Å². The molecule has 0 spiro atoms. The predicted octanol–water partition coefficient (Wildman–Crippen LogP) is 2.52. The van der Waals surface area contributed by atoms with Crippen LogP contribution in [0, 0.1) is 0 Å². The lowest BCUT2D eigenvalue weighted by Gasteiger charge is -2.38. The van der Waals surface area contributed by atoms with Crippen molar-refractivity contribution in [3.63, 3.8) is 0 Å². The number of nitrogens with one attached hydrogen (secondary N) is 1. The SMILES string of the molecule is COc1cccc(N2CCN([C@@H](C)C(=O)NCc3ccccc3)CC2)c1. The van der Waals surface area contributed by atoms with Gasteiger partial charge in [-0.25, -0.2) is 0 Å². The quantitative estimate of drug-likeness (QED) is 0.867. The summed E-state index contributed by atoms with van der Waals surface area (Å²) in [6, 6.07) is 18.0. The average molecular weight is 353 g/mol. The fraction of sp³-hybridized carbons (Fsp3) is 0.381. The molecule has 1 aliphatic rings. The van der Waals surface area contributed by atoms with Gasteiger partial charge in [0.1, 0.15) is 5.75 Å². The number of benzene rings is 2. The number of methoxy groups -OCH3 is 1. The van der Waals surface area contributed by atoms with Crippen molar-refractivity contribution >= 4 is 11.6 Å². The van der Waals surface area contributed by atoms with Gasteiger partial charge in [0.05, 0.1) is 13.2 Å². The Morgan fingerprint density at radius 3 is 2.50 bits per heavy atom. The normalized spacial score (nSPS) is 16.2. The minimum absolute atomic E-state index is 0.0867. The summed E-state index contributed by atoms with van der Waals surface area (Å²) in [4.78, 5) is 17.1. The standard InChI is InChI=1S/C21H27N3O2/c1-17(21(25)22-16-18-7-4-3-5-8-18)23-11-13-24(14-12-23)19-9-6-10-20(15-19)26-2/h3-10,15,17H,11-14,16H2,1-2H3,(H,22,25)/t17-/m0/s1. The minimum Gasteiger partial charge on any atom is -0.497 e. The second-order valence-corrected chi connectivity index (χ2v) is 6.60. The maximum absolute atomic E-state index is 12.5. The third-order valence-corrected chi connectivity index (χ3v) is 4.97. The number of piperazine rings is 1. The summed E-state index contributed by atoms with van der Waals surface area (Å²) in [7, 11) is 1.69. The van der Waals surface area contributed by atoms with Crippen molar-refractivity contribution in [1.82, 2.24) is 10.2 Å². The molecule has 0 aliphatic carbocycles. The maximum Gasteiger partial charge on any atom is 0.237 e. The second kappa shape index (κ2) is 8.72. The van der Waals surface area contributed by atoms with Crippen molar-refractivity contribution in [2.24, 2.45) is 0 Å². The Kier molecular flexibility index (Phi) is 6.12. The summed E-state index contributed by atoms with van der Waals surface area (Å²) in [6.07, 6.45) is 0. The van der Waals surface area contributed by atoms with Gasteiger partial charge < -0.3 is 15.0 Å². The van der Waals surface area contributed by atoms with Gasteiger partial charge in [0.25, 0.3) is 0 Å². The van der Waals surface area contributed by atoms with E-state index in [9.17, 15) is 4.79 Å². The Hall–Kier alpha value is -2.53. The van der Waals surface area contributed by atoms with Gasteiger partial charge in [0.15, 0.2) is 0 Å². The zero-order valence-corrected chi connectivity index (χ0v) is 15.5. The summed E-state index contributed by atoms with van der Waals surface area (Å²) < 4.78 is 5.31. The molecule has 138 valence electrons. The highest BCUT2D eigenvalue weighted by molar-refractivity contribution is 5.81. The Bertz CT molecular complexity index is 712. The van der Waals surface area contributed by atoms with Gasteiger partial charge in [-0.1, -0.05) is 36.4 Å². The zero-order chi connectivity index (χ0) is 18.4. The van der Waals surface area contributed by atoms with Crippen LogP contribution in [-0.2, 0) is 11.3 Å². The smallest absolute Gasteiger partial charge is 0.237 e. The van der Waals surface area contributed by atoms with Crippen LogP contribution in [0.15, 0.2) is 54.6 Å². The predicted molar refractivity (Wildman–Crippen MR) is 105 cm³/mol. The van der Waals surface area contributed by atoms with E-state index < -0.39 is 0 Å². The Morgan fingerprint density at radius 1 is 1.08 bits per heavy atom. The van der Waals surface area contributed by atoms with Crippen LogP contribution in [0.3, 0.4) is 0 Å². The molecule has 5 heteroatoms. The summed E-state index contributed by atoms with van der Waals surface area (Å²) in [5.74, 6) is 0.960. The van der Waals surface area contributed by atoms with Crippen molar-refractivity contribution in [2.45, 2.75) is 19.5 Å². The van der Waals surface area contributed by atoms with Gasteiger partial charge in [0.2, 0.25) is 5.91 Å². The molecule has 0 bridgehead atoms. The summed E-state index contributed by atoms with van der Waals surface area (Å²) in [5, 5.41) is 3.04. The molecular formula is C21H27N3O2. The number of nitrogens with zero attached hydrogens (tertiary/aromatic N) is 2. The van der Waals surface area contributed by atoms with Gasteiger partial charge in [-0.3, -0.25) is 9.69 Å². The molecule has 1 fully saturated rings. The Morgan fingerprint density at radius 2 is 1.81 bits per heavy atom. The highest BCUT2D eigenvalue weighted by atomic mass is 16.5. The van der Waals surface area contributed by atoms with E-state index in [0.717, 1.165) is 37.5 Å². The molecule has 1 N–H and O–H groups in total. The largest absolute Gasteiger partial charge is 0.497 e. The molecule has 1 amide bonds. The van der Waals surface area contributed by atoms with Crippen molar-refractivity contribution in [1.29, 1.82) is 0 Å². The molecule has 5 nitrogen and oxygen atoms in total. The number of hydrogen-bond donors (Lipinski definition) is 1. The first-order valence-electron chi connectivity index (χ1n) is 9.12. The molecule has 1 saturated heterocycles. The molecule has 0 unspecified atom stereocenters. The van der Waals surface area contributed by atoms with Crippen molar-refractivity contribution in [3.8, 4) is 5.75 Å². The number of carbonyl (C=O) groups excluding carboxylic acids is 1. The fourth-order valence-electron chi connectivity index (χ4n) is 3.27. The van der Waals surface area contributed by atoms with Crippen LogP contribution < -0.4 is 15.0 Å². The summed E-state index contributed by atoms with van der Waals surface area (Å²) >= 11 is 0. The van der Waals surface area contributed by atoms with E-state index in [1.54, 1.807) is 7.11 Å². The number of anilines is 1. The van der Waals surface area contributed by atoms with Crippen molar-refractivity contribution in [3.05, 3.63) is 60.2 Å². The first kappa shape index (κ1) is 18.3. The summed E-state index contributed by atoms with van der Waals surface area (Å²) in [6.45, 7) is 6.12. The second-order valence-electron chi connectivity index (χ2n) is 6.60. The van der Waals surface area contributed by atoms with Crippen molar-refractivity contribution in [2.75, 3.05) is 38.2 Å². The summed E-state index contributed by atoms with van der Waals surface area (Å²) in [5.41, 5.74) is 2.29. The van der Waals surface area contributed by atoms with E-state index in [-0.39, 0.29) is 11.9 Å². The molecule has 26 heavy (non-hydrogen) atoms. The molecule has 2 aromatic carbocycles. The third kappa shape index (κ3) is 4.55. The molecule has 2 aromatic rings. The van der Waals surface area contributed by atoms with Crippen LogP contribution in [-0.4, -0.2) is 50.1 Å². The highest BCUT2D eigenvalue weighted by Crippen LogP contribution is 2.22. The van der Waals surface area contributed by atoms with E-state index in [1.165, 1.54) is 5.69 Å². The van der Waals surface area contributed by atoms with Crippen molar-refractivity contribution < 1.29 is 9.53 Å². The van der Waals surface area contributed by atoms with E-state index >= 15 is 0 Å². The van der Waals surface area contributed by atoms with Gasteiger partial charge in [-0.05, 0) is 24.6 Å². The van der Waals surface area contributed by atoms with Gasteiger partial charge >= 0.3 is 0 Å². The third-order valence-electron chi connectivity index (χ3n) is 4.97. The number of hydrogen-bond acceptors (Lipinski definition) is 4. The monoisotopic (exact) mass is 353 g/mol. The maximum atomic E-state index is 12.5. The first-order chi connectivity index (χ1) is 12.7. The van der Waals surface area contributed by atoms with Crippen LogP contribution in [0.1, 0.15) is 12.5 Å². The molecule has 1 atom stereocenters. The van der Waals surface area contributed by atoms with Gasteiger partial charge in [0, 0.05) is 44.5 Å². The molecular weight excluding hydrogens is 326 g/mol. The average Bonchev–Trinajstić information content (AvgIpc) is 2.72. The minimum atomic E-state index is -0.119. The van der Waals surface area contributed by atoms with E-state index in [1.807, 2.05) is 49.4 Å². The molecule has 0 aromatic heterocycles. The number of carbonyl (C=O) groups is 1. The number of rotatable bonds is 6.